The van der Waals surface area contributed by atoms with Crippen LogP contribution in [0.3, 0.4) is 0 Å². The molecular weight excluding hydrogens is 366 g/mol. The fourth-order valence-electron chi connectivity index (χ4n) is 2.06. The maximum Gasteiger partial charge on any atom is 0.241 e. The first-order chi connectivity index (χ1) is 10.9. The van der Waals surface area contributed by atoms with E-state index in [0.717, 1.165) is 22.2 Å². The van der Waals surface area contributed by atoms with Crippen LogP contribution < -0.4 is 5.32 Å². The molecule has 6 heteroatoms. The summed E-state index contributed by atoms with van der Waals surface area (Å²) >= 11 is 3.37. The van der Waals surface area contributed by atoms with Crippen LogP contribution >= 0.6 is 15.9 Å². The molecule has 0 spiro atoms. The van der Waals surface area contributed by atoms with E-state index in [1.807, 2.05) is 24.3 Å². The topological polar surface area (TPSA) is 32.3 Å². The average molecular weight is 383 g/mol. The third-order valence-electron chi connectivity index (χ3n) is 3.60. The lowest BCUT2D eigenvalue weighted by Crippen LogP contribution is -2.39. The maximum atomic E-state index is 13.6. The van der Waals surface area contributed by atoms with Gasteiger partial charge in [0.1, 0.15) is 17.3 Å². The molecule has 1 N–H and O–H groups in total. The molecule has 0 aromatic heterocycles. The van der Waals surface area contributed by atoms with Crippen molar-refractivity contribution in [2.75, 3.05) is 12.4 Å². The van der Waals surface area contributed by atoms with Gasteiger partial charge in [-0.15, -0.1) is 0 Å². The molecule has 0 radical (unpaired) electrons. The van der Waals surface area contributed by atoms with Crippen molar-refractivity contribution in [3.8, 4) is 0 Å². The number of halogens is 3. The van der Waals surface area contributed by atoms with Gasteiger partial charge in [-0.25, -0.2) is 8.78 Å². The normalized spacial score (nSPS) is 12.3. The lowest BCUT2D eigenvalue weighted by atomic mass is 10.2. The van der Waals surface area contributed by atoms with Gasteiger partial charge in [0, 0.05) is 11.0 Å². The highest BCUT2D eigenvalue weighted by Gasteiger charge is 2.20. The second kappa shape index (κ2) is 7.66. The van der Waals surface area contributed by atoms with E-state index in [0.29, 0.717) is 6.54 Å². The highest BCUT2D eigenvalue weighted by Crippen LogP contribution is 2.19. The van der Waals surface area contributed by atoms with Crippen LogP contribution in [-0.2, 0) is 11.3 Å². The van der Waals surface area contributed by atoms with Gasteiger partial charge in [0.15, 0.2) is 0 Å². The Balaban J connectivity index is 2.02. The van der Waals surface area contributed by atoms with Crippen LogP contribution in [-0.4, -0.2) is 23.9 Å². The molecule has 2 aromatic rings. The molecule has 0 aliphatic rings. The molecule has 0 aliphatic carbocycles. The molecule has 23 heavy (non-hydrogen) atoms. The van der Waals surface area contributed by atoms with Crippen LogP contribution in [0.1, 0.15) is 12.5 Å². The van der Waals surface area contributed by atoms with Gasteiger partial charge in [0.2, 0.25) is 5.91 Å². The van der Waals surface area contributed by atoms with E-state index in [-0.39, 0.29) is 0 Å². The Bertz CT molecular complexity index is 671. The Labute approximate surface area is 142 Å². The summed E-state index contributed by atoms with van der Waals surface area (Å²) in [4.78, 5) is 14.0. The molecule has 0 saturated heterocycles. The Kier molecular flexibility index (Phi) is 5.85. The molecule has 1 unspecified atom stereocenters. The van der Waals surface area contributed by atoms with Crippen molar-refractivity contribution in [1.82, 2.24) is 4.90 Å². The molecule has 0 aliphatic heterocycles. The van der Waals surface area contributed by atoms with Gasteiger partial charge in [-0.1, -0.05) is 34.1 Å². The van der Waals surface area contributed by atoms with E-state index in [1.54, 1.807) is 18.9 Å². The van der Waals surface area contributed by atoms with E-state index >= 15 is 0 Å². The summed E-state index contributed by atoms with van der Waals surface area (Å²) in [5.41, 5.74) is 0.619. The summed E-state index contributed by atoms with van der Waals surface area (Å²) in [6.07, 6.45) is 0. The van der Waals surface area contributed by atoms with E-state index in [9.17, 15) is 13.6 Å². The first kappa shape index (κ1) is 17.6. The Morgan fingerprint density at radius 3 is 2.30 bits per heavy atom. The van der Waals surface area contributed by atoms with E-state index in [1.165, 1.54) is 6.07 Å². The summed E-state index contributed by atoms with van der Waals surface area (Å²) in [6.45, 7) is 2.23. The van der Waals surface area contributed by atoms with Gasteiger partial charge < -0.3 is 5.32 Å². The van der Waals surface area contributed by atoms with Crippen molar-refractivity contribution < 1.29 is 13.6 Å². The predicted octanol–water partition coefficient (Wildman–Crippen LogP) is 4.19. The smallest absolute Gasteiger partial charge is 0.241 e. The van der Waals surface area contributed by atoms with E-state index < -0.39 is 29.3 Å². The number of anilines is 1. The highest BCUT2D eigenvalue weighted by molar-refractivity contribution is 9.10. The summed E-state index contributed by atoms with van der Waals surface area (Å²) < 4.78 is 28.2. The Morgan fingerprint density at radius 1 is 1.17 bits per heavy atom. The lowest BCUT2D eigenvalue weighted by Gasteiger charge is -2.24. The van der Waals surface area contributed by atoms with Crippen molar-refractivity contribution in [3.05, 3.63) is 64.1 Å². The van der Waals surface area contributed by atoms with E-state index in [2.05, 4.69) is 21.2 Å². The standard InChI is InChI=1S/C17H17BrF2N2O/c1-11(22(2)10-12-6-8-13(18)9-7-12)17(23)21-16-14(19)4-3-5-15(16)20/h3-9,11H,10H2,1-2H3,(H,21,23). The van der Waals surface area contributed by atoms with Crippen molar-refractivity contribution in [2.45, 2.75) is 19.5 Å². The average Bonchev–Trinajstić information content (AvgIpc) is 2.52. The number of rotatable bonds is 5. The second-order valence-electron chi connectivity index (χ2n) is 5.30. The monoisotopic (exact) mass is 382 g/mol. The fraction of sp³-hybridized carbons (Fsp3) is 0.235. The third kappa shape index (κ3) is 4.59. The number of carbonyl (C=O) groups is 1. The van der Waals surface area contributed by atoms with Crippen molar-refractivity contribution in [2.24, 2.45) is 0 Å². The zero-order valence-electron chi connectivity index (χ0n) is 12.8. The molecule has 0 heterocycles. The molecule has 1 atom stereocenters. The van der Waals surface area contributed by atoms with E-state index in [4.69, 9.17) is 0 Å². The zero-order valence-corrected chi connectivity index (χ0v) is 14.4. The quantitative estimate of drug-likeness (QED) is 0.840. The minimum atomic E-state index is -0.791. The van der Waals surface area contributed by atoms with Crippen molar-refractivity contribution >= 4 is 27.5 Å². The van der Waals surface area contributed by atoms with Gasteiger partial charge in [-0.2, -0.15) is 0 Å². The van der Waals surface area contributed by atoms with Crippen LogP contribution in [0.5, 0.6) is 0 Å². The number of carbonyl (C=O) groups excluding carboxylic acids is 1. The molecule has 2 rings (SSSR count). The van der Waals surface area contributed by atoms with Gasteiger partial charge in [-0.05, 0) is 43.8 Å². The summed E-state index contributed by atoms with van der Waals surface area (Å²) in [7, 11) is 1.78. The number of nitrogens with zero attached hydrogens (tertiary/aromatic N) is 1. The molecular formula is C17H17BrF2N2O. The van der Waals surface area contributed by atoms with Crippen LogP contribution in [0.25, 0.3) is 0 Å². The lowest BCUT2D eigenvalue weighted by molar-refractivity contribution is -0.120. The minimum Gasteiger partial charge on any atom is -0.320 e. The van der Waals surface area contributed by atoms with Crippen molar-refractivity contribution in [3.63, 3.8) is 0 Å². The number of likely N-dealkylation sites (N-methyl/N-ethyl adjacent to an activating group) is 1. The largest absolute Gasteiger partial charge is 0.320 e. The molecule has 1 amide bonds. The number of hydrogen-bond acceptors (Lipinski definition) is 2. The first-order valence-corrected chi connectivity index (χ1v) is 7.87. The van der Waals surface area contributed by atoms with Gasteiger partial charge >= 0.3 is 0 Å². The van der Waals surface area contributed by atoms with Gasteiger partial charge in [0.25, 0.3) is 0 Å². The van der Waals surface area contributed by atoms with Crippen LogP contribution in [0, 0.1) is 11.6 Å². The number of amides is 1. The number of nitrogens with one attached hydrogen (secondary N) is 1. The summed E-state index contributed by atoms with van der Waals surface area (Å²) in [5.74, 6) is -2.05. The maximum absolute atomic E-state index is 13.6. The molecule has 2 aromatic carbocycles. The SMILES string of the molecule is CC(C(=O)Nc1c(F)cccc1F)N(C)Cc1ccc(Br)cc1. The van der Waals surface area contributed by atoms with Crippen LogP contribution in [0.4, 0.5) is 14.5 Å². The highest BCUT2D eigenvalue weighted by atomic mass is 79.9. The molecule has 3 nitrogen and oxygen atoms in total. The number of benzene rings is 2. The van der Waals surface area contributed by atoms with Crippen LogP contribution in [0.15, 0.2) is 46.9 Å². The van der Waals surface area contributed by atoms with Gasteiger partial charge in [0.05, 0.1) is 6.04 Å². The fourth-order valence-corrected chi connectivity index (χ4v) is 2.32. The van der Waals surface area contributed by atoms with Crippen LogP contribution in [0.2, 0.25) is 0 Å². The van der Waals surface area contributed by atoms with Crippen molar-refractivity contribution in [1.29, 1.82) is 0 Å². The number of para-hydroxylation sites is 1. The third-order valence-corrected chi connectivity index (χ3v) is 4.13. The molecule has 0 fully saturated rings. The first-order valence-electron chi connectivity index (χ1n) is 7.08. The Morgan fingerprint density at radius 2 is 1.74 bits per heavy atom. The minimum absolute atomic E-state index is 0.415. The second-order valence-corrected chi connectivity index (χ2v) is 6.22. The molecule has 122 valence electrons. The molecule has 0 saturated carbocycles. The summed E-state index contributed by atoms with van der Waals surface area (Å²) in [5, 5.41) is 2.32. The molecule has 0 bridgehead atoms. The number of hydrogen-bond donors (Lipinski definition) is 1. The zero-order chi connectivity index (χ0) is 17.0. The Hall–Kier alpha value is -1.79. The predicted molar refractivity (Wildman–Crippen MR) is 90.1 cm³/mol. The van der Waals surface area contributed by atoms with Gasteiger partial charge in [-0.3, -0.25) is 9.69 Å². The summed E-state index contributed by atoms with van der Waals surface area (Å²) in [6, 6.07) is 10.7.